The molecule has 3 aromatic rings. The standard InChI is InChI=1S/C18H14ClFN2O3/c1-23-13-5-3-4-12(10-13)17-21-18(25-22-17)14(19)8-11-6-7-16(24-2)15(20)9-11/h3-10H,1-2H3/b14-8-. The molecule has 0 bridgehead atoms. The van der Waals surface area contributed by atoms with Crippen LogP contribution in [-0.2, 0) is 0 Å². The lowest BCUT2D eigenvalue weighted by Crippen LogP contribution is -1.88. The lowest BCUT2D eigenvalue weighted by atomic mass is 10.2. The van der Waals surface area contributed by atoms with Crippen molar-refractivity contribution in [2.24, 2.45) is 0 Å². The van der Waals surface area contributed by atoms with E-state index in [0.717, 1.165) is 5.56 Å². The van der Waals surface area contributed by atoms with E-state index in [9.17, 15) is 4.39 Å². The van der Waals surface area contributed by atoms with Crippen LogP contribution >= 0.6 is 11.6 Å². The quantitative estimate of drug-likeness (QED) is 0.664. The smallest absolute Gasteiger partial charge is 0.269 e. The van der Waals surface area contributed by atoms with E-state index in [1.54, 1.807) is 19.2 Å². The van der Waals surface area contributed by atoms with Gasteiger partial charge >= 0.3 is 0 Å². The lowest BCUT2D eigenvalue weighted by Gasteiger charge is -2.02. The van der Waals surface area contributed by atoms with Crippen LogP contribution in [0.4, 0.5) is 4.39 Å². The van der Waals surface area contributed by atoms with E-state index in [1.807, 2.05) is 18.2 Å². The summed E-state index contributed by atoms with van der Waals surface area (Å²) in [6, 6.07) is 11.7. The summed E-state index contributed by atoms with van der Waals surface area (Å²) in [7, 11) is 2.98. The second-order valence-corrected chi connectivity index (χ2v) is 5.45. The molecule has 1 aromatic heterocycles. The average Bonchev–Trinajstić information content (AvgIpc) is 3.12. The molecule has 0 amide bonds. The van der Waals surface area contributed by atoms with Gasteiger partial charge in [-0.05, 0) is 35.9 Å². The lowest BCUT2D eigenvalue weighted by molar-refractivity contribution is 0.386. The van der Waals surface area contributed by atoms with Crippen molar-refractivity contribution in [1.82, 2.24) is 10.1 Å². The number of halogens is 2. The van der Waals surface area contributed by atoms with Crippen LogP contribution in [0.2, 0.25) is 0 Å². The van der Waals surface area contributed by atoms with E-state index in [4.69, 9.17) is 25.6 Å². The topological polar surface area (TPSA) is 57.4 Å². The zero-order chi connectivity index (χ0) is 17.8. The number of benzene rings is 2. The van der Waals surface area contributed by atoms with Crippen molar-refractivity contribution in [3.63, 3.8) is 0 Å². The zero-order valence-electron chi connectivity index (χ0n) is 13.5. The molecule has 0 N–H and O–H groups in total. The molecule has 0 saturated carbocycles. The maximum Gasteiger partial charge on any atom is 0.269 e. The van der Waals surface area contributed by atoms with Crippen LogP contribution in [0.3, 0.4) is 0 Å². The molecular formula is C18H14ClFN2O3. The Bertz CT molecular complexity index is 924. The van der Waals surface area contributed by atoms with Gasteiger partial charge in [-0.25, -0.2) is 4.39 Å². The zero-order valence-corrected chi connectivity index (χ0v) is 14.2. The third-order valence-corrected chi connectivity index (χ3v) is 3.70. The van der Waals surface area contributed by atoms with E-state index < -0.39 is 5.82 Å². The van der Waals surface area contributed by atoms with Crippen molar-refractivity contribution in [3.05, 3.63) is 59.7 Å². The van der Waals surface area contributed by atoms with Crippen LogP contribution < -0.4 is 9.47 Å². The fraction of sp³-hybridized carbons (Fsp3) is 0.111. The summed E-state index contributed by atoms with van der Waals surface area (Å²) >= 11 is 6.21. The highest BCUT2D eigenvalue weighted by molar-refractivity contribution is 6.50. The number of ether oxygens (including phenoxy) is 2. The highest BCUT2D eigenvalue weighted by atomic mass is 35.5. The Morgan fingerprint density at radius 1 is 1.16 bits per heavy atom. The maximum atomic E-state index is 13.7. The molecule has 0 atom stereocenters. The second-order valence-electron chi connectivity index (χ2n) is 5.04. The molecule has 25 heavy (non-hydrogen) atoms. The van der Waals surface area contributed by atoms with E-state index in [-0.39, 0.29) is 16.7 Å². The minimum absolute atomic E-state index is 0.135. The minimum Gasteiger partial charge on any atom is -0.497 e. The predicted octanol–water partition coefficient (Wildman–Crippen LogP) is 4.63. The summed E-state index contributed by atoms with van der Waals surface area (Å²) < 4.78 is 29.0. The molecule has 7 heteroatoms. The molecule has 3 rings (SSSR count). The summed E-state index contributed by atoms with van der Waals surface area (Å²) in [6.07, 6.45) is 1.53. The summed E-state index contributed by atoms with van der Waals surface area (Å²) in [5.74, 6) is 0.867. The summed E-state index contributed by atoms with van der Waals surface area (Å²) in [5.41, 5.74) is 1.28. The summed E-state index contributed by atoms with van der Waals surface area (Å²) in [6.45, 7) is 0. The molecule has 0 aliphatic carbocycles. The van der Waals surface area contributed by atoms with Crippen LogP contribution in [0.15, 0.2) is 47.0 Å². The first-order valence-corrected chi connectivity index (χ1v) is 7.67. The van der Waals surface area contributed by atoms with Gasteiger partial charge in [-0.3, -0.25) is 0 Å². The van der Waals surface area contributed by atoms with Crippen molar-refractivity contribution < 1.29 is 18.4 Å². The number of methoxy groups -OCH3 is 2. The molecule has 0 unspecified atom stereocenters. The Kier molecular flexibility index (Phi) is 5.00. The van der Waals surface area contributed by atoms with E-state index in [0.29, 0.717) is 17.1 Å². The fourth-order valence-electron chi connectivity index (χ4n) is 2.18. The van der Waals surface area contributed by atoms with Crippen LogP contribution in [0.1, 0.15) is 11.5 Å². The van der Waals surface area contributed by atoms with Gasteiger partial charge in [0, 0.05) is 5.56 Å². The molecule has 1 heterocycles. The average molecular weight is 361 g/mol. The largest absolute Gasteiger partial charge is 0.497 e. The van der Waals surface area contributed by atoms with Gasteiger partial charge in [0.15, 0.2) is 11.6 Å². The monoisotopic (exact) mass is 360 g/mol. The molecule has 0 fully saturated rings. The Hall–Kier alpha value is -2.86. The number of aromatic nitrogens is 2. The van der Waals surface area contributed by atoms with Crippen LogP contribution in [-0.4, -0.2) is 24.4 Å². The number of nitrogens with zero attached hydrogens (tertiary/aromatic N) is 2. The van der Waals surface area contributed by atoms with Gasteiger partial charge in [-0.1, -0.05) is 35.0 Å². The molecule has 5 nitrogen and oxygen atoms in total. The van der Waals surface area contributed by atoms with Crippen LogP contribution in [0.25, 0.3) is 22.5 Å². The first-order chi connectivity index (χ1) is 12.1. The summed E-state index contributed by atoms with van der Waals surface area (Å²) in [5, 5.41) is 4.11. The Labute approximate surface area is 148 Å². The number of rotatable bonds is 5. The Balaban J connectivity index is 1.87. The summed E-state index contributed by atoms with van der Waals surface area (Å²) in [4.78, 5) is 4.26. The Morgan fingerprint density at radius 3 is 2.72 bits per heavy atom. The normalized spacial score (nSPS) is 11.4. The van der Waals surface area contributed by atoms with Crippen molar-refractivity contribution >= 4 is 22.7 Å². The molecule has 2 aromatic carbocycles. The minimum atomic E-state index is -0.483. The van der Waals surface area contributed by atoms with Crippen LogP contribution in [0.5, 0.6) is 11.5 Å². The molecular weight excluding hydrogens is 347 g/mol. The van der Waals surface area contributed by atoms with Crippen molar-refractivity contribution in [2.75, 3.05) is 14.2 Å². The molecule has 0 aliphatic rings. The van der Waals surface area contributed by atoms with Gasteiger partial charge in [0.05, 0.1) is 14.2 Å². The van der Waals surface area contributed by atoms with E-state index in [2.05, 4.69) is 10.1 Å². The molecule has 0 radical (unpaired) electrons. The van der Waals surface area contributed by atoms with Crippen molar-refractivity contribution in [3.8, 4) is 22.9 Å². The molecule has 0 saturated heterocycles. The number of hydrogen-bond donors (Lipinski definition) is 0. The highest BCUT2D eigenvalue weighted by Crippen LogP contribution is 2.27. The molecule has 0 spiro atoms. The van der Waals surface area contributed by atoms with Gasteiger partial charge in [0.25, 0.3) is 5.89 Å². The van der Waals surface area contributed by atoms with Crippen molar-refractivity contribution in [2.45, 2.75) is 0 Å². The van der Waals surface area contributed by atoms with Gasteiger partial charge in [0.1, 0.15) is 10.8 Å². The van der Waals surface area contributed by atoms with Gasteiger partial charge in [-0.15, -0.1) is 0 Å². The molecule has 128 valence electrons. The first-order valence-electron chi connectivity index (χ1n) is 7.30. The molecule has 0 aliphatic heterocycles. The first kappa shape index (κ1) is 17.0. The van der Waals surface area contributed by atoms with Gasteiger partial charge < -0.3 is 14.0 Å². The fourth-order valence-corrected chi connectivity index (χ4v) is 2.38. The van der Waals surface area contributed by atoms with Gasteiger partial charge in [0.2, 0.25) is 5.82 Å². The van der Waals surface area contributed by atoms with Crippen LogP contribution in [0, 0.1) is 5.82 Å². The van der Waals surface area contributed by atoms with E-state index in [1.165, 1.54) is 25.3 Å². The predicted molar refractivity (Wildman–Crippen MR) is 93.0 cm³/mol. The number of hydrogen-bond acceptors (Lipinski definition) is 5. The third kappa shape index (κ3) is 3.80. The second kappa shape index (κ2) is 7.36. The highest BCUT2D eigenvalue weighted by Gasteiger charge is 2.12. The van der Waals surface area contributed by atoms with Crippen molar-refractivity contribution in [1.29, 1.82) is 0 Å². The van der Waals surface area contributed by atoms with E-state index >= 15 is 0 Å². The third-order valence-electron chi connectivity index (χ3n) is 3.43. The maximum absolute atomic E-state index is 13.7. The Morgan fingerprint density at radius 2 is 2.00 bits per heavy atom. The van der Waals surface area contributed by atoms with Gasteiger partial charge in [-0.2, -0.15) is 4.98 Å². The SMILES string of the molecule is COc1cccc(-c2noc(/C(Cl)=C/c3ccc(OC)c(F)c3)n2)c1.